The summed E-state index contributed by atoms with van der Waals surface area (Å²) < 4.78 is 2.86. The second kappa shape index (κ2) is 7.06. The lowest BCUT2D eigenvalue weighted by Gasteiger charge is -2.14. The van der Waals surface area contributed by atoms with Crippen molar-refractivity contribution in [2.24, 2.45) is 10.8 Å². The van der Waals surface area contributed by atoms with Crippen LogP contribution in [-0.2, 0) is 0 Å². The van der Waals surface area contributed by atoms with Gasteiger partial charge in [0, 0.05) is 13.4 Å². The summed E-state index contributed by atoms with van der Waals surface area (Å²) in [4.78, 5) is 4.61. The Labute approximate surface area is 138 Å². The third-order valence-corrected chi connectivity index (χ3v) is 4.73. The highest BCUT2D eigenvalue weighted by molar-refractivity contribution is 9.11. The molecule has 2 rings (SSSR count). The molecule has 1 fully saturated rings. The van der Waals surface area contributed by atoms with Crippen molar-refractivity contribution in [2.45, 2.75) is 31.7 Å². The molecule has 1 aliphatic rings. The van der Waals surface area contributed by atoms with E-state index in [4.69, 9.17) is 5.84 Å². The number of hydrazine groups is 1. The number of hydrogen-bond acceptors (Lipinski definition) is 2. The van der Waals surface area contributed by atoms with Crippen LogP contribution in [0.5, 0.6) is 0 Å². The van der Waals surface area contributed by atoms with Crippen LogP contribution in [0.2, 0.25) is 0 Å². The maximum absolute atomic E-state index is 5.55. The molecule has 0 spiro atoms. The number of benzene rings is 1. The van der Waals surface area contributed by atoms with Gasteiger partial charge in [-0.15, -0.1) is 0 Å². The van der Waals surface area contributed by atoms with Crippen molar-refractivity contribution in [2.75, 3.05) is 5.32 Å². The van der Waals surface area contributed by atoms with Gasteiger partial charge in [-0.2, -0.15) is 0 Å². The number of anilines is 1. The van der Waals surface area contributed by atoms with E-state index >= 15 is 0 Å². The van der Waals surface area contributed by atoms with Gasteiger partial charge in [-0.3, -0.25) is 5.43 Å². The average molecular weight is 455 g/mol. The highest BCUT2D eigenvalue weighted by Gasteiger charge is 2.15. The third kappa shape index (κ3) is 4.18. The van der Waals surface area contributed by atoms with Crippen LogP contribution in [0.15, 0.2) is 30.5 Å². The molecular weight excluding hydrogens is 440 g/mol. The Morgan fingerprint density at radius 1 is 1.16 bits per heavy atom. The van der Waals surface area contributed by atoms with Gasteiger partial charge in [0.25, 0.3) is 0 Å². The molecule has 0 aromatic heterocycles. The highest BCUT2D eigenvalue weighted by Crippen LogP contribution is 2.34. The summed E-state index contributed by atoms with van der Waals surface area (Å²) in [5.41, 5.74) is 3.53. The maximum Gasteiger partial charge on any atom is 0.210 e. The van der Waals surface area contributed by atoms with E-state index in [1.165, 1.54) is 12.8 Å². The van der Waals surface area contributed by atoms with Crippen molar-refractivity contribution in [3.63, 3.8) is 0 Å². The van der Waals surface area contributed by atoms with Crippen molar-refractivity contribution >= 4 is 59.4 Å². The predicted molar refractivity (Wildman–Crippen MR) is 90.2 cm³/mol. The van der Waals surface area contributed by atoms with Crippen LogP contribution in [0.25, 0.3) is 0 Å². The topological polar surface area (TPSA) is 62.4 Å². The lowest BCUT2D eigenvalue weighted by molar-refractivity contribution is 0.700. The van der Waals surface area contributed by atoms with Crippen LogP contribution in [0.3, 0.4) is 0 Å². The molecule has 1 aliphatic carbocycles. The molecule has 1 saturated carbocycles. The highest BCUT2D eigenvalue weighted by atomic mass is 79.9. The molecule has 19 heavy (non-hydrogen) atoms. The minimum Gasteiger partial charge on any atom is -0.323 e. The van der Waals surface area contributed by atoms with Gasteiger partial charge in [0.1, 0.15) is 0 Å². The lowest BCUT2D eigenvalue weighted by Crippen LogP contribution is -2.37. The van der Waals surface area contributed by atoms with Gasteiger partial charge in [-0.25, -0.2) is 10.8 Å². The lowest BCUT2D eigenvalue weighted by atomic mass is 10.3. The molecule has 0 aliphatic heterocycles. The first-order valence-corrected chi connectivity index (χ1v) is 8.44. The summed E-state index contributed by atoms with van der Waals surface area (Å²) >= 11 is 10.5. The van der Waals surface area contributed by atoms with Crippen LogP contribution in [-0.4, -0.2) is 12.0 Å². The van der Waals surface area contributed by atoms with E-state index in [2.05, 4.69) is 63.5 Å². The number of nitrogens with zero attached hydrogens (tertiary/aromatic N) is 1. The normalized spacial score (nSPS) is 16.7. The number of guanidine groups is 1. The van der Waals surface area contributed by atoms with E-state index in [0.717, 1.165) is 31.9 Å². The SMILES string of the molecule is NNC(=NC1CCCC1)Nc1c(Br)cc(Br)cc1Br. The quantitative estimate of drug-likeness (QED) is 0.272. The zero-order chi connectivity index (χ0) is 13.8. The van der Waals surface area contributed by atoms with Gasteiger partial charge < -0.3 is 5.32 Å². The predicted octanol–water partition coefficient (Wildman–Crippen LogP) is 4.15. The first-order chi connectivity index (χ1) is 9.10. The fourth-order valence-electron chi connectivity index (χ4n) is 2.10. The van der Waals surface area contributed by atoms with E-state index in [0.29, 0.717) is 12.0 Å². The first-order valence-electron chi connectivity index (χ1n) is 6.06. The molecule has 1 aromatic rings. The number of rotatable bonds is 2. The fourth-order valence-corrected chi connectivity index (χ4v) is 4.56. The molecule has 0 heterocycles. The molecular formula is C12H15Br3N4. The third-order valence-electron chi connectivity index (χ3n) is 3.02. The van der Waals surface area contributed by atoms with E-state index < -0.39 is 0 Å². The van der Waals surface area contributed by atoms with Crippen LogP contribution >= 0.6 is 47.8 Å². The summed E-state index contributed by atoms with van der Waals surface area (Å²) in [5, 5.41) is 3.22. The molecule has 0 amide bonds. The summed E-state index contributed by atoms with van der Waals surface area (Å²) in [6.07, 6.45) is 4.76. The maximum atomic E-state index is 5.55. The summed E-state index contributed by atoms with van der Waals surface area (Å²) in [7, 11) is 0. The van der Waals surface area contributed by atoms with E-state index in [9.17, 15) is 0 Å². The Bertz CT molecular complexity index is 461. The monoisotopic (exact) mass is 452 g/mol. The van der Waals surface area contributed by atoms with E-state index in [-0.39, 0.29) is 0 Å². The Morgan fingerprint density at radius 2 is 1.74 bits per heavy atom. The molecule has 0 unspecified atom stereocenters. The van der Waals surface area contributed by atoms with Gasteiger partial charge in [0.2, 0.25) is 5.96 Å². The molecule has 1 aromatic carbocycles. The van der Waals surface area contributed by atoms with Gasteiger partial charge >= 0.3 is 0 Å². The molecule has 4 N–H and O–H groups in total. The molecule has 104 valence electrons. The Kier molecular flexibility index (Phi) is 5.68. The first kappa shape index (κ1) is 15.3. The smallest absolute Gasteiger partial charge is 0.210 e. The molecule has 7 heteroatoms. The van der Waals surface area contributed by atoms with E-state index in [1.54, 1.807) is 0 Å². The number of halogens is 3. The molecule has 0 radical (unpaired) electrons. The van der Waals surface area contributed by atoms with Gasteiger partial charge in [0.05, 0.1) is 11.7 Å². The second-order valence-electron chi connectivity index (χ2n) is 4.43. The fraction of sp³-hybridized carbons (Fsp3) is 0.417. The minimum atomic E-state index is 0.367. The molecule has 0 saturated heterocycles. The van der Waals surface area contributed by atoms with Gasteiger partial charge in [-0.05, 0) is 56.8 Å². The van der Waals surface area contributed by atoms with Crippen LogP contribution < -0.4 is 16.6 Å². The van der Waals surface area contributed by atoms with Gasteiger partial charge in [-0.1, -0.05) is 28.8 Å². The molecule has 0 bridgehead atoms. The largest absolute Gasteiger partial charge is 0.323 e. The van der Waals surface area contributed by atoms with E-state index in [1.807, 2.05) is 12.1 Å². The summed E-state index contributed by atoms with van der Waals surface area (Å²) in [6, 6.07) is 4.31. The Balaban J connectivity index is 2.18. The van der Waals surface area contributed by atoms with Crippen LogP contribution in [0.4, 0.5) is 5.69 Å². The Morgan fingerprint density at radius 3 is 2.26 bits per heavy atom. The number of aliphatic imine (C=N–C) groups is 1. The van der Waals surface area contributed by atoms with Crippen LogP contribution in [0, 0.1) is 0 Å². The van der Waals surface area contributed by atoms with Crippen molar-refractivity contribution in [1.82, 2.24) is 5.43 Å². The second-order valence-corrected chi connectivity index (χ2v) is 7.05. The van der Waals surface area contributed by atoms with Crippen molar-refractivity contribution in [3.05, 3.63) is 25.6 Å². The van der Waals surface area contributed by atoms with Crippen LogP contribution in [0.1, 0.15) is 25.7 Å². The number of nitrogens with two attached hydrogens (primary N) is 1. The molecule has 0 atom stereocenters. The average Bonchev–Trinajstić information content (AvgIpc) is 2.84. The van der Waals surface area contributed by atoms with Crippen molar-refractivity contribution in [3.8, 4) is 0 Å². The molecule has 4 nitrogen and oxygen atoms in total. The number of hydrogen-bond donors (Lipinski definition) is 3. The summed E-state index contributed by atoms with van der Waals surface area (Å²) in [5.74, 6) is 6.14. The number of nitrogens with one attached hydrogen (secondary N) is 2. The Hall–Kier alpha value is -0.110. The van der Waals surface area contributed by atoms with Gasteiger partial charge in [0.15, 0.2) is 0 Å². The summed E-state index contributed by atoms with van der Waals surface area (Å²) in [6.45, 7) is 0. The minimum absolute atomic E-state index is 0.367. The van der Waals surface area contributed by atoms with Crippen molar-refractivity contribution < 1.29 is 0 Å². The van der Waals surface area contributed by atoms with Crippen molar-refractivity contribution in [1.29, 1.82) is 0 Å². The zero-order valence-corrected chi connectivity index (χ0v) is 15.0. The standard InChI is InChI=1S/C12H15Br3N4/c13-7-5-9(14)11(10(15)6-7)18-12(19-16)17-8-3-1-2-4-8/h5-6,8H,1-4,16H2,(H2,17,18,19). The zero-order valence-electron chi connectivity index (χ0n) is 10.2.